The van der Waals surface area contributed by atoms with Gasteiger partial charge >= 0.3 is 0 Å². The Hall–Kier alpha value is -0.680. The van der Waals surface area contributed by atoms with E-state index in [2.05, 4.69) is 73.8 Å². The molecule has 0 atom stereocenters. The number of hydrogen-bond donors (Lipinski definition) is 1. The lowest BCUT2D eigenvalue weighted by Crippen LogP contribution is -2.42. The Labute approximate surface area is 175 Å². The molecule has 3 nitrogen and oxygen atoms in total. The SMILES string of the molecule is CC(C)(CSc1ccc(C(C)(C)C)cc1)NCCCn1ccnc1.Cl.Cl. The zero-order chi connectivity index (χ0) is 17.6. The topological polar surface area (TPSA) is 29.9 Å². The highest BCUT2D eigenvalue weighted by Crippen LogP contribution is 2.27. The predicted octanol–water partition coefficient (Wildman–Crippen LogP) is 5.57. The number of aromatic nitrogens is 2. The molecule has 0 saturated carbocycles. The van der Waals surface area contributed by atoms with Gasteiger partial charge < -0.3 is 9.88 Å². The molecule has 0 radical (unpaired) electrons. The number of imidazole rings is 1. The van der Waals surface area contributed by atoms with Crippen LogP contribution in [0.4, 0.5) is 0 Å². The normalized spacial score (nSPS) is 11.6. The van der Waals surface area contributed by atoms with Crippen molar-refractivity contribution in [2.24, 2.45) is 0 Å². The molecule has 0 spiro atoms. The second kappa shape index (κ2) is 11.2. The van der Waals surface area contributed by atoms with Gasteiger partial charge in [0.2, 0.25) is 0 Å². The maximum Gasteiger partial charge on any atom is 0.0945 e. The van der Waals surface area contributed by atoms with E-state index in [1.54, 1.807) is 0 Å². The predicted molar refractivity (Wildman–Crippen MR) is 119 cm³/mol. The Balaban J connectivity index is 0.00000312. The maximum absolute atomic E-state index is 4.07. The lowest BCUT2D eigenvalue weighted by Gasteiger charge is -2.26. The minimum Gasteiger partial charge on any atom is -0.337 e. The van der Waals surface area contributed by atoms with Gasteiger partial charge in [0.05, 0.1) is 6.33 Å². The van der Waals surface area contributed by atoms with Crippen molar-refractivity contribution >= 4 is 36.6 Å². The van der Waals surface area contributed by atoms with Crippen LogP contribution in [0.3, 0.4) is 0 Å². The van der Waals surface area contributed by atoms with Crippen LogP contribution in [0.1, 0.15) is 46.6 Å². The van der Waals surface area contributed by atoms with Crippen LogP contribution < -0.4 is 5.32 Å². The van der Waals surface area contributed by atoms with E-state index in [1.165, 1.54) is 10.5 Å². The number of hydrogen-bond acceptors (Lipinski definition) is 3. The van der Waals surface area contributed by atoms with Gasteiger partial charge in [-0.05, 0) is 49.9 Å². The number of benzene rings is 1. The molecular formula is C20H33Cl2N3S. The summed E-state index contributed by atoms with van der Waals surface area (Å²) in [6.07, 6.45) is 6.84. The van der Waals surface area contributed by atoms with E-state index in [-0.39, 0.29) is 35.8 Å². The van der Waals surface area contributed by atoms with Gasteiger partial charge in [-0.2, -0.15) is 0 Å². The molecule has 0 bridgehead atoms. The van der Waals surface area contributed by atoms with Crippen molar-refractivity contribution < 1.29 is 0 Å². The first-order valence-electron chi connectivity index (χ1n) is 8.70. The van der Waals surface area contributed by atoms with Crippen LogP contribution in [0, 0.1) is 0 Å². The van der Waals surface area contributed by atoms with Crippen LogP contribution in [0.15, 0.2) is 47.9 Å². The summed E-state index contributed by atoms with van der Waals surface area (Å²) in [5, 5.41) is 3.67. The molecule has 0 saturated heterocycles. The summed E-state index contributed by atoms with van der Waals surface area (Å²) >= 11 is 1.92. The smallest absolute Gasteiger partial charge is 0.0945 e. The van der Waals surface area contributed by atoms with Gasteiger partial charge in [0, 0.05) is 35.1 Å². The van der Waals surface area contributed by atoms with E-state index in [0.717, 1.165) is 25.3 Å². The molecule has 0 aliphatic rings. The molecule has 0 aliphatic heterocycles. The fourth-order valence-electron chi connectivity index (χ4n) is 2.47. The number of aryl methyl sites for hydroxylation is 1. The number of nitrogens with one attached hydrogen (secondary N) is 1. The van der Waals surface area contributed by atoms with Crippen molar-refractivity contribution in [3.63, 3.8) is 0 Å². The van der Waals surface area contributed by atoms with Gasteiger partial charge in [-0.1, -0.05) is 32.9 Å². The second-order valence-corrected chi connectivity index (χ2v) is 9.08. The molecule has 148 valence electrons. The second-order valence-electron chi connectivity index (χ2n) is 8.03. The first-order chi connectivity index (χ1) is 11.3. The molecule has 0 fully saturated rings. The zero-order valence-corrected chi connectivity index (χ0v) is 18.9. The van der Waals surface area contributed by atoms with Gasteiger partial charge in [-0.25, -0.2) is 4.98 Å². The molecule has 2 rings (SSSR count). The Kier molecular flexibility index (Phi) is 10.9. The Bertz CT molecular complexity index is 605. The molecule has 1 N–H and O–H groups in total. The summed E-state index contributed by atoms with van der Waals surface area (Å²) < 4.78 is 2.13. The highest BCUT2D eigenvalue weighted by molar-refractivity contribution is 7.99. The van der Waals surface area contributed by atoms with Gasteiger partial charge in [0.15, 0.2) is 0 Å². The molecule has 6 heteroatoms. The van der Waals surface area contributed by atoms with Gasteiger partial charge in [0.1, 0.15) is 0 Å². The third-order valence-corrected chi connectivity index (χ3v) is 5.55. The Morgan fingerprint density at radius 3 is 2.23 bits per heavy atom. The molecule has 1 heterocycles. The molecule has 1 aromatic carbocycles. The summed E-state index contributed by atoms with van der Waals surface area (Å²) in [7, 11) is 0. The monoisotopic (exact) mass is 417 g/mol. The van der Waals surface area contributed by atoms with E-state index in [1.807, 2.05) is 30.5 Å². The first kappa shape index (κ1) is 25.3. The van der Waals surface area contributed by atoms with Crippen LogP contribution >= 0.6 is 36.6 Å². The van der Waals surface area contributed by atoms with E-state index in [9.17, 15) is 0 Å². The first-order valence-corrected chi connectivity index (χ1v) is 9.69. The average Bonchev–Trinajstić information content (AvgIpc) is 3.03. The van der Waals surface area contributed by atoms with E-state index in [4.69, 9.17) is 0 Å². The quantitative estimate of drug-likeness (QED) is 0.449. The molecule has 1 aromatic heterocycles. The van der Waals surface area contributed by atoms with Crippen LogP contribution in [-0.4, -0.2) is 27.4 Å². The summed E-state index contributed by atoms with van der Waals surface area (Å²) in [6.45, 7) is 13.4. The van der Waals surface area contributed by atoms with E-state index < -0.39 is 0 Å². The van der Waals surface area contributed by atoms with Crippen LogP contribution in [0.25, 0.3) is 0 Å². The lowest BCUT2D eigenvalue weighted by molar-refractivity contribution is 0.420. The fourth-order valence-corrected chi connectivity index (χ4v) is 3.43. The summed E-state index contributed by atoms with van der Waals surface area (Å²) in [5.74, 6) is 1.06. The van der Waals surface area contributed by atoms with E-state index in [0.29, 0.717) is 0 Å². The van der Waals surface area contributed by atoms with E-state index >= 15 is 0 Å². The van der Waals surface area contributed by atoms with Crippen molar-refractivity contribution in [2.45, 2.75) is 63.4 Å². The van der Waals surface area contributed by atoms with Crippen molar-refractivity contribution in [2.75, 3.05) is 12.3 Å². The summed E-state index contributed by atoms with van der Waals surface area (Å²) in [4.78, 5) is 5.42. The average molecular weight is 418 g/mol. The number of thioether (sulfide) groups is 1. The minimum absolute atomic E-state index is 0. The van der Waals surface area contributed by atoms with Crippen LogP contribution in [0.2, 0.25) is 0 Å². The Morgan fingerprint density at radius 1 is 1.04 bits per heavy atom. The highest BCUT2D eigenvalue weighted by Gasteiger charge is 2.17. The van der Waals surface area contributed by atoms with Gasteiger partial charge in [-0.15, -0.1) is 36.6 Å². The molecule has 2 aromatic rings. The van der Waals surface area contributed by atoms with Crippen molar-refractivity contribution in [1.82, 2.24) is 14.9 Å². The molecule has 0 aliphatic carbocycles. The summed E-state index contributed by atoms with van der Waals surface area (Å²) in [6, 6.07) is 9.02. The number of nitrogens with zero attached hydrogens (tertiary/aromatic N) is 2. The van der Waals surface area contributed by atoms with Crippen molar-refractivity contribution in [3.05, 3.63) is 48.5 Å². The third kappa shape index (κ3) is 8.81. The zero-order valence-electron chi connectivity index (χ0n) is 16.5. The van der Waals surface area contributed by atoms with Crippen molar-refractivity contribution in [1.29, 1.82) is 0 Å². The molecule has 0 unspecified atom stereocenters. The fraction of sp³-hybridized carbons (Fsp3) is 0.550. The van der Waals surface area contributed by atoms with Crippen LogP contribution in [-0.2, 0) is 12.0 Å². The minimum atomic E-state index is 0. The van der Waals surface area contributed by atoms with Crippen LogP contribution in [0.5, 0.6) is 0 Å². The van der Waals surface area contributed by atoms with Gasteiger partial charge in [0.25, 0.3) is 0 Å². The number of rotatable bonds is 8. The molecular weight excluding hydrogens is 385 g/mol. The lowest BCUT2D eigenvalue weighted by atomic mass is 9.87. The summed E-state index contributed by atoms with van der Waals surface area (Å²) in [5.41, 5.74) is 1.74. The highest BCUT2D eigenvalue weighted by atomic mass is 35.5. The molecule has 0 amide bonds. The number of halogens is 2. The maximum atomic E-state index is 4.07. The van der Waals surface area contributed by atoms with Gasteiger partial charge in [-0.3, -0.25) is 0 Å². The van der Waals surface area contributed by atoms with Crippen molar-refractivity contribution in [3.8, 4) is 0 Å². The molecule has 26 heavy (non-hydrogen) atoms. The third-order valence-electron chi connectivity index (χ3n) is 4.08. The Morgan fingerprint density at radius 2 is 1.69 bits per heavy atom. The largest absolute Gasteiger partial charge is 0.337 e. The standard InChI is InChI=1S/C20H31N3S.2ClH/c1-19(2,3)17-7-9-18(10-8-17)24-15-20(4,5)22-11-6-13-23-14-12-21-16-23;;/h7-10,12,14,16,22H,6,11,13,15H2,1-5H3;2*1H.